The Morgan fingerprint density at radius 1 is 1.21 bits per heavy atom. The van der Waals surface area contributed by atoms with Crippen LogP contribution in [-0.4, -0.2) is 47.8 Å². The van der Waals surface area contributed by atoms with Crippen molar-refractivity contribution in [2.45, 2.75) is 82.6 Å². The third-order valence-corrected chi connectivity index (χ3v) is 5.39. The van der Waals surface area contributed by atoms with Crippen molar-refractivity contribution in [3.05, 3.63) is 0 Å². The van der Waals surface area contributed by atoms with Crippen molar-refractivity contribution >= 4 is 0 Å². The van der Waals surface area contributed by atoms with Gasteiger partial charge in [0.2, 0.25) is 0 Å². The van der Waals surface area contributed by atoms with Gasteiger partial charge in [-0.2, -0.15) is 0 Å². The maximum absolute atomic E-state index is 6.47. The van der Waals surface area contributed by atoms with Gasteiger partial charge in [0.1, 0.15) is 0 Å². The lowest BCUT2D eigenvalue weighted by molar-refractivity contribution is -0.0564. The number of nitrogens with zero attached hydrogens (tertiary/aromatic N) is 1. The minimum atomic E-state index is 0.246. The number of nitrogens with one attached hydrogen (secondary N) is 1. The number of ether oxygens (including phenoxy) is 1. The van der Waals surface area contributed by atoms with E-state index in [1.807, 2.05) is 0 Å². The predicted octanol–water partition coefficient (Wildman–Crippen LogP) is 2.55. The van der Waals surface area contributed by atoms with Crippen LogP contribution in [0.15, 0.2) is 0 Å². The van der Waals surface area contributed by atoms with Crippen LogP contribution in [-0.2, 0) is 4.74 Å². The van der Waals surface area contributed by atoms with E-state index in [9.17, 15) is 0 Å². The Morgan fingerprint density at radius 2 is 1.95 bits per heavy atom. The van der Waals surface area contributed by atoms with Crippen molar-refractivity contribution < 1.29 is 4.74 Å². The molecule has 3 heteroatoms. The zero-order valence-corrected chi connectivity index (χ0v) is 12.9. The molecule has 3 rings (SSSR count). The van der Waals surface area contributed by atoms with Gasteiger partial charge in [-0.1, -0.05) is 12.8 Å². The zero-order chi connectivity index (χ0) is 13.5. The molecule has 0 aromatic carbocycles. The molecule has 2 atom stereocenters. The van der Waals surface area contributed by atoms with Crippen molar-refractivity contribution in [2.75, 3.05) is 19.6 Å². The number of hydrogen-bond donors (Lipinski definition) is 1. The molecule has 2 aliphatic heterocycles. The van der Waals surface area contributed by atoms with Gasteiger partial charge in [0, 0.05) is 31.2 Å². The molecule has 3 fully saturated rings. The highest BCUT2D eigenvalue weighted by atomic mass is 16.5. The Labute approximate surface area is 118 Å². The van der Waals surface area contributed by atoms with Crippen LogP contribution in [0, 0.1) is 0 Å². The van der Waals surface area contributed by atoms with Crippen LogP contribution < -0.4 is 5.32 Å². The molecular formula is C16H30N2O. The first-order valence-electron chi connectivity index (χ1n) is 8.15. The van der Waals surface area contributed by atoms with Crippen LogP contribution in [0.25, 0.3) is 0 Å². The van der Waals surface area contributed by atoms with Crippen molar-refractivity contribution in [1.29, 1.82) is 0 Å². The molecule has 1 N–H and O–H groups in total. The molecule has 1 spiro atoms. The summed E-state index contributed by atoms with van der Waals surface area (Å²) in [6.07, 6.45) is 8.44. The first-order valence-corrected chi connectivity index (χ1v) is 8.15. The molecule has 2 unspecified atom stereocenters. The summed E-state index contributed by atoms with van der Waals surface area (Å²) in [4.78, 5) is 2.63. The highest BCUT2D eigenvalue weighted by Gasteiger charge is 2.43. The maximum atomic E-state index is 6.47. The molecule has 2 saturated heterocycles. The zero-order valence-electron chi connectivity index (χ0n) is 12.9. The Hall–Kier alpha value is -0.120. The van der Waals surface area contributed by atoms with Crippen LogP contribution in [0.5, 0.6) is 0 Å². The second-order valence-corrected chi connectivity index (χ2v) is 7.71. The van der Waals surface area contributed by atoms with E-state index in [4.69, 9.17) is 4.74 Å². The minimum absolute atomic E-state index is 0.246. The van der Waals surface area contributed by atoms with Crippen LogP contribution in [0.2, 0.25) is 0 Å². The highest BCUT2D eigenvalue weighted by molar-refractivity contribution is 4.96. The molecule has 110 valence electrons. The summed E-state index contributed by atoms with van der Waals surface area (Å²) in [5.74, 6) is 0. The topological polar surface area (TPSA) is 24.5 Å². The minimum Gasteiger partial charge on any atom is -0.370 e. The third-order valence-electron chi connectivity index (χ3n) is 5.39. The molecule has 1 aliphatic carbocycles. The summed E-state index contributed by atoms with van der Waals surface area (Å²) >= 11 is 0. The summed E-state index contributed by atoms with van der Waals surface area (Å²) < 4.78 is 6.47. The summed E-state index contributed by atoms with van der Waals surface area (Å²) in [5, 5.41) is 3.63. The quantitative estimate of drug-likeness (QED) is 0.831. The highest BCUT2D eigenvalue weighted by Crippen LogP contribution is 2.43. The summed E-state index contributed by atoms with van der Waals surface area (Å²) in [5.41, 5.74) is 0.535. The fraction of sp³-hybridized carbons (Fsp3) is 1.00. The average Bonchev–Trinajstić information content (AvgIpc) is 2.95. The standard InChI is InChI=1S/C16H30N2O/c1-13-10-17-15(2,3)12-18(13)11-14-6-9-16(19-14)7-4-5-8-16/h13-14,17H,4-12H2,1-3H3. The van der Waals surface area contributed by atoms with Crippen molar-refractivity contribution in [2.24, 2.45) is 0 Å². The monoisotopic (exact) mass is 266 g/mol. The predicted molar refractivity (Wildman–Crippen MR) is 78.4 cm³/mol. The van der Waals surface area contributed by atoms with Crippen molar-refractivity contribution in [3.63, 3.8) is 0 Å². The fourth-order valence-corrected chi connectivity index (χ4v) is 4.19. The molecule has 0 aromatic heterocycles. The van der Waals surface area contributed by atoms with Gasteiger partial charge >= 0.3 is 0 Å². The summed E-state index contributed by atoms with van der Waals surface area (Å²) in [7, 11) is 0. The van der Waals surface area contributed by atoms with E-state index in [1.165, 1.54) is 38.5 Å². The van der Waals surface area contributed by atoms with Crippen LogP contribution in [0.1, 0.15) is 59.3 Å². The summed E-state index contributed by atoms with van der Waals surface area (Å²) in [6.45, 7) is 10.3. The molecule has 3 nitrogen and oxygen atoms in total. The fourth-order valence-electron chi connectivity index (χ4n) is 4.19. The second-order valence-electron chi connectivity index (χ2n) is 7.71. The van der Waals surface area contributed by atoms with Gasteiger partial charge in [0.15, 0.2) is 0 Å². The number of rotatable bonds is 2. The van der Waals surface area contributed by atoms with Gasteiger partial charge in [-0.05, 0) is 46.5 Å². The third kappa shape index (κ3) is 2.98. The molecule has 0 amide bonds. The Balaban J connectivity index is 1.56. The van der Waals surface area contributed by atoms with E-state index in [0.29, 0.717) is 12.1 Å². The van der Waals surface area contributed by atoms with Crippen LogP contribution >= 0.6 is 0 Å². The van der Waals surface area contributed by atoms with E-state index in [2.05, 4.69) is 31.0 Å². The van der Waals surface area contributed by atoms with E-state index in [1.54, 1.807) is 0 Å². The van der Waals surface area contributed by atoms with Crippen molar-refractivity contribution in [1.82, 2.24) is 10.2 Å². The van der Waals surface area contributed by atoms with E-state index < -0.39 is 0 Å². The molecule has 1 saturated carbocycles. The van der Waals surface area contributed by atoms with E-state index in [0.717, 1.165) is 19.6 Å². The van der Waals surface area contributed by atoms with E-state index in [-0.39, 0.29) is 11.1 Å². The van der Waals surface area contributed by atoms with Gasteiger partial charge in [0.25, 0.3) is 0 Å². The average molecular weight is 266 g/mol. The normalized spacial score (nSPS) is 38.1. The lowest BCUT2D eigenvalue weighted by Gasteiger charge is -2.44. The molecule has 2 heterocycles. The second kappa shape index (κ2) is 5.01. The first kappa shape index (κ1) is 13.8. The Kier molecular flexibility index (Phi) is 3.65. The first-order chi connectivity index (χ1) is 8.98. The molecule has 19 heavy (non-hydrogen) atoms. The van der Waals surface area contributed by atoms with E-state index >= 15 is 0 Å². The number of piperazine rings is 1. The number of hydrogen-bond acceptors (Lipinski definition) is 3. The molecular weight excluding hydrogens is 236 g/mol. The Bertz CT molecular complexity index is 323. The SMILES string of the molecule is CC1CNC(C)(C)CN1CC1CCC2(CCCC2)O1. The van der Waals surface area contributed by atoms with Crippen LogP contribution in [0.3, 0.4) is 0 Å². The van der Waals surface area contributed by atoms with Gasteiger partial charge in [-0.25, -0.2) is 0 Å². The summed E-state index contributed by atoms with van der Waals surface area (Å²) in [6, 6.07) is 0.636. The van der Waals surface area contributed by atoms with Gasteiger partial charge in [-0.3, -0.25) is 4.90 Å². The lowest BCUT2D eigenvalue weighted by atomic mass is 9.97. The molecule has 0 aromatic rings. The molecule has 0 radical (unpaired) electrons. The molecule has 3 aliphatic rings. The van der Waals surface area contributed by atoms with Gasteiger partial charge in [-0.15, -0.1) is 0 Å². The van der Waals surface area contributed by atoms with Crippen molar-refractivity contribution in [3.8, 4) is 0 Å². The van der Waals surface area contributed by atoms with Gasteiger partial charge in [0.05, 0.1) is 11.7 Å². The maximum Gasteiger partial charge on any atom is 0.0710 e. The molecule has 0 bridgehead atoms. The largest absolute Gasteiger partial charge is 0.370 e. The smallest absolute Gasteiger partial charge is 0.0710 e. The Morgan fingerprint density at radius 3 is 2.68 bits per heavy atom. The van der Waals surface area contributed by atoms with Crippen LogP contribution in [0.4, 0.5) is 0 Å². The lowest BCUT2D eigenvalue weighted by Crippen LogP contribution is -2.61. The van der Waals surface area contributed by atoms with Gasteiger partial charge < -0.3 is 10.1 Å².